The van der Waals surface area contributed by atoms with Gasteiger partial charge in [-0.3, -0.25) is 14.4 Å². The zero-order chi connectivity index (χ0) is 20.0. The number of methoxy groups -OCH3 is 1. The summed E-state index contributed by atoms with van der Waals surface area (Å²) in [4.78, 5) is 33.2. The van der Waals surface area contributed by atoms with E-state index in [0.717, 1.165) is 11.8 Å². The number of ether oxygens (including phenoxy) is 2. The van der Waals surface area contributed by atoms with Gasteiger partial charge in [-0.15, -0.1) is 5.10 Å². The van der Waals surface area contributed by atoms with Gasteiger partial charge in [-0.05, 0) is 40.3 Å². The summed E-state index contributed by atoms with van der Waals surface area (Å²) in [5.74, 6) is -1.30. The first-order valence-electron chi connectivity index (χ1n) is 7.39. The molecule has 0 bridgehead atoms. The summed E-state index contributed by atoms with van der Waals surface area (Å²) in [6.07, 6.45) is 1.15. The molecule has 0 radical (unpaired) electrons. The van der Waals surface area contributed by atoms with Crippen molar-refractivity contribution in [1.29, 1.82) is 0 Å². The van der Waals surface area contributed by atoms with Crippen molar-refractivity contribution in [3.63, 3.8) is 0 Å². The molecule has 10 nitrogen and oxygen atoms in total. The van der Waals surface area contributed by atoms with Crippen LogP contribution >= 0.6 is 34.4 Å². The fraction of sp³-hybridized carbons (Fsp3) is 0.267. The Balaban J connectivity index is 2.11. The number of primary amides is 1. The lowest BCUT2D eigenvalue weighted by atomic mass is 10.2. The number of rotatable bonds is 8. The van der Waals surface area contributed by atoms with Crippen LogP contribution < -0.4 is 20.5 Å². The summed E-state index contributed by atoms with van der Waals surface area (Å²) in [6, 6.07) is 3.37. The Morgan fingerprint density at radius 2 is 2.22 bits per heavy atom. The van der Waals surface area contributed by atoms with Crippen LogP contribution in [0, 0.1) is 3.57 Å². The maximum atomic E-state index is 11.6. The predicted molar refractivity (Wildman–Crippen MR) is 107 cm³/mol. The molecule has 1 aromatic rings. The highest BCUT2D eigenvalue weighted by Gasteiger charge is 2.32. The third kappa shape index (κ3) is 6.09. The molecule has 0 aliphatic carbocycles. The van der Waals surface area contributed by atoms with Gasteiger partial charge in [-0.2, -0.15) is 5.10 Å². The highest BCUT2D eigenvalue weighted by atomic mass is 127. The molecule has 1 aromatic carbocycles. The minimum Gasteiger partial charge on any atom is -0.493 e. The summed E-state index contributed by atoms with van der Waals surface area (Å²) in [5.41, 5.74) is 5.72. The van der Waals surface area contributed by atoms with Gasteiger partial charge in [0.25, 0.3) is 5.91 Å². The second-order valence-electron chi connectivity index (χ2n) is 5.13. The number of benzene rings is 1. The maximum Gasteiger partial charge on any atom is 0.305 e. The zero-order valence-corrected chi connectivity index (χ0v) is 16.9. The Morgan fingerprint density at radius 3 is 2.85 bits per heavy atom. The monoisotopic (exact) mass is 506 g/mol. The van der Waals surface area contributed by atoms with Crippen LogP contribution in [0.1, 0.15) is 12.0 Å². The van der Waals surface area contributed by atoms with E-state index in [1.165, 1.54) is 13.3 Å². The van der Waals surface area contributed by atoms with Gasteiger partial charge in [0.05, 0.1) is 23.3 Å². The second kappa shape index (κ2) is 9.55. The van der Waals surface area contributed by atoms with E-state index in [4.69, 9.17) is 20.3 Å². The quantitative estimate of drug-likeness (QED) is 0.265. The number of carboxylic acid groups (broad SMARTS) is 1. The average Bonchev–Trinajstić information content (AvgIpc) is 2.92. The minimum absolute atomic E-state index is 0.227. The molecular formula is C15H15IN4O6S. The van der Waals surface area contributed by atoms with Crippen LogP contribution in [-0.2, 0) is 14.4 Å². The molecule has 12 heteroatoms. The number of aliphatic carboxylic acids is 1. The molecule has 0 spiro atoms. The maximum absolute atomic E-state index is 11.6. The van der Waals surface area contributed by atoms with Crippen molar-refractivity contribution in [2.45, 2.75) is 11.7 Å². The molecular weight excluding hydrogens is 491 g/mol. The van der Waals surface area contributed by atoms with Gasteiger partial charge < -0.3 is 25.6 Å². The summed E-state index contributed by atoms with van der Waals surface area (Å²) in [6.45, 7) is -0.276. The average molecular weight is 506 g/mol. The van der Waals surface area contributed by atoms with Gasteiger partial charge in [-0.1, -0.05) is 11.8 Å². The third-order valence-corrected chi connectivity index (χ3v) is 4.98. The van der Waals surface area contributed by atoms with E-state index in [2.05, 4.69) is 15.5 Å². The summed E-state index contributed by atoms with van der Waals surface area (Å²) in [7, 11) is 1.46. The number of amides is 2. The molecule has 1 saturated heterocycles. The number of halogens is 1. The van der Waals surface area contributed by atoms with Crippen molar-refractivity contribution in [2.24, 2.45) is 15.9 Å². The van der Waals surface area contributed by atoms with Gasteiger partial charge in [0, 0.05) is 0 Å². The Labute approximate surface area is 171 Å². The number of amidine groups is 1. The van der Waals surface area contributed by atoms with Crippen molar-refractivity contribution >= 4 is 63.5 Å². The van der Waals surface area contributed by atoms with Crippen LogP contribution in [0.25, 0.3) is 0 Å². The van der Waals surface area contributed by atoms with Crippen molar-refractivity contribution < 1.29 is 29.0 Å². The van der Waals surface area contributed by atoms with Gasteiger partial charge in [-0.25, -0.2) is 0 Å². The molecule has 1 heterocycles. The SMILES string of the molecule is COc1cc(C=NN=C2NC(=O)C(CC(=O)O)S2)cc(I)c1OCC(N)=O. The molecule has 0 saturated carbocycles. The van der Waals surface area contributed by atoms with Crippen LogP contribution in [-0.4, -0.2) is 53.2 Å². The van der Waals surface area contributed by atoms with E-state index < -0.39 is 23.0 Å². The molecule has 1 aliphatic rings. The zero-order valence-electron chi connectivity index (χ0n) is 14.0. The summed E-state index contributed by atoms with van der Waals surface area (Å²) >= 11 is 3.03. The fourth-order valence-corrected chi connectivity index (χ4v) is 3.69. The highest BCUT2D eigenvalue weighted by Crippen LogP contribution is 2.33. The Hall–Kier alpha value is -2.35. The Morgan fingerprint density at radius 1 is 1.48 bits per heavy atom. The molecule has 2 rings (SSSR count). The molecule has 1 fully saturated rings. The number of nitrogens with one attached hydrogen (secondary N) is 1. The standard InChI is InChI=1S/C15H15IN4O6S/c1-25-9-3-7(2-8(16)13(9)26-6-11(17)21)5-18-20-15-19-14(24)10(27-15)4-12(22)23/h2-3,5,10H,4,6H2,1H3,(H2,17,21)(H,22,23)(H,19,20,24). The van der Waals surface area contributed by atoms with E-state index in [1.807, 2.05) is 22.6 Å². The predicted octanol–water partition coefficient (Wildman–Crippen LogP) is 0.560. The number of thioether (sulfide) groups is 1. The molecule has 0 aromatic heterocycles. The smallest absolute Gasteiger partial charge is 0.305 e. The number of hydrogen-bond acceptors (Lipinski definition) is 8. The molecule has 144 valence electrons. The van der Waals surface area contributed by atoms with Gasteiger partial charge in [0.15, 0.2) is 23.3 Å². The number of hydrogen-bond donors (Lipinski definition) is 3. The van der Waals surface area contributed by atoms with E-state index in [0.29, 0.717) is 20.6 Å². The van der Waals surface area contributed by atoms with Crippen molar-refractivity contribution in [2.75, 3.05) is 13.7 Å². The molecule has 27 heavy (non-hydrogen) atoms. The van der Waals surface area contributed by atoms with Crippen LogP contribution in [0.3, 0.4) is 0 Å². The van der Waals surface area contributed by atoms with Crippen molar-refractivity contribution in [3.8, 4) is 11.5 Å². The number of carboxylic acids is 1. The first-order chi connectivity index (χ1) is 12.8. The highest BCUT2D eigenvalue weighted by molar-refractivity contribution is 14.1. The normalized spacial score (nSPS) is 17.9. The molecule has 1 atom stereocenters. The first kappa shape index (κ1) is 21.0. The number of carbonyl (C=O) groups excluding carboxylic acids is 2. The summed E-state index contributed by atoms with van der Waals surface area (Å²) in [5, 5.41) is 18.5. The van der Waals surface area contributed by atoms with E-state index in [1.54, 1.807) is 12.1 Å². The van der Waals surface area contributed by atoms with Crippen molar-refractivity contribution in [3.05, 3.63) is 21.3 Å². The minimum atomic E-state index is -1.06. The Kier molecular flexibility index (Phi) is 7.41. The second-order valence-corrected chi connectivity index (χ2v) is 7.49. The number of carbonyl (C=O) groups is 3. The number of nitrogens with two attached hydrogens (primary N) is 1. The molecule has 1 aliphatic heterocycles. The molecule has 2 amide bonds. The lowest BCUT2D eigenvalue weighted by molar-refractivity contribution is -0.138. The van der Waals surface area contributed by atoms with Crippen LogP contribution in [0.2, 0.25) is 0 Å². The molecule has 4 N–H and O–H groups in total. The number of nitrogens with zero attached hydrogens (tertiary/aromatic N) is 2. The fourth-order valence-electron chi connectivity index (χ4n) is 1.99. The molecule has 1 unspecified atom stereocenters. The Bertz CT molecular complexity index is 829. The van der Waals surface area contributed by atoms with Gasteiger partial charge in [0.2, 0.25) is 5.91 Å². The lowest BCUT2D eigenvalue weighted by Gasteiger charge is -2.12. The largest absolute Gasteiger partial charge is 0.493 e. The lowest BCUT2D eigenvalue weighted by Crippen LogP contribution is -2.26. The van der Waals surface area contributed by atoms with Gasteiger partial charge >= 0.3 is 5.97 Å². The van der Waals surface area contributed by atoms with Crippen LogP contribution in [0.5, 0.6) is 11.5 Å². The third-order valence-electron chi connectivity index (χ3n) is 3.10. The van der Waals surface area contributed by atoms with Gasteiger partial charge in [0.1, 0.15) is 5.25 Å². The summed E-state index contributed by atoms with van der Waals surface area (Å²) < 4.78 is 11.3. The van der Waals surface area contributed by atoms with Crippen LogP contribution in [0.15, 0.2) is 22.3 Å². The topological polar surface area (TPSA) is 153 Å². The van der Waals surface area contributed by atoms with E-state index in [9.17, 15) is 14.4 Å². The van der Waals surface area contributed by atoms with E-state index in [-0.39, 0.29) is 18.2 Å². The van der Waals surface area contributed by atoms with Crippen molar-refractivity contribution in [1.82, 2.24) is 5.32 Å². The van der Waals surface area contributed by atoms with Crippen LogP contribution in [0.4, 0.5) is 0 Å². The first-order valence-corrected chi connectivity index (χ1v) is 9.35. The van der Waals surface area contributed by atoms with E-state index >= 15 is 0 Å².